The number of hydrogen-bond donors (Lipinski definition) is 2. The van der Waals surface area contributed by atoms with E-state index in [2.05, 4.69) is 34.4 Å². The third-order valence-electron chi connectivity index (χ3n) is 5.13. The molecule has 1 aliphatic heterocycles. The number of piperazine rings is 1. The molecule has 0 aliphatic carbocycles. The summed E-state index contributed by atoms with van der Waals surface area (Å²) in [5, 5.41) is 5.35. The maximum atomic E-state index is 13.2. The van der Waals surface area contributed by atoms with Crippen LogP contribution >= 0.6 is 11.6 Å². The fourth-order valence-electron chi connectivity index (χ4n) is 3.29. The maximum Gasteiger partial charge on any atom is 0.416 e. The van der Waals surface area contributed by atoms with Crippen LogP contribution in [0.15, 0.2) is 36.5 Å². The van der Waals surface area contributed by atoms with Gasteiger partial charge in [-0.05, 0) is 44.2 Å². The number of benzene rings is 1. The van der Waals surface area contributed by atoms with E-state index in [-0.39, 0.29) is 17.1 Å². The highest BCUT2D eigenvalue weighted by molar-refractivity contribution is 6.30. The van der Waals surface area contributed by atoms with Gasteiger partial charge in [0.15, 0.2) is 0 Å². The van der Waals surface area contributed by atoms with Crippen LogP contribution in [-0.4, -0.2) is 58.9 Å². The largest absolute Gasteiger partial charge is 0.416 e. The number of anilines is 2. The molecule has 1 saturated heterocycles. The van der Waals surface area contributed by atoms with Crippen molar-refractivity contribution >= 4 is 35.0 Å². The van der Waals surface area contributed by atoms with Gasteiger partial charge in [-0.3, -0.25) is 9.69 Å². The summed E-state index contributed by atoms with van der Waals surface area (Å²) >= 11 is 5.76. The van der Waals surface area contributed by atoms with Crippen LogP contribution in [0.1, 0.15) is 29.8 Å². The number of amides is 3. The minimum absolute atomic E-state index is 0.0271. The molecule has 0 atom stereocenters. The van der Waals surface area contributed by atoms with Gasteiger partial charge in [-0.2, -0.15) is 13.2 Å². The van der Waals surface area contributed by atoms with Crippen molar-refractivity contribution in [3.8, 4) is 0 Å². The lowest BCUT2D eigenvalue weighted by atomic mass is 10.1. The topological polar surface area (TPSA) is 77.6 Å². The van der Waals surface area contributed by atoms with Gasteiger partial charge in [-0.15, -0.1) is 0 Å². The molecule has 0 saturated carbocycles. The SMILES string of the molecule is CC(C)N1CCN(C(=O)Nc2ccc(C(F)(F)F)cc2C(=O)Nc2ccc(Cl)cn2)CC1. The van der Waals surface area contributed by atoms with Crippen LogP contribution in [0, 0.1) is 0 Å². The van der Waals surface area contributed by atoms with Crippen LogP contribution in [0.5, 0.6) is 0 Å². The Morgan fingerprint density at radius 1 is 1.06 bits per heavy atom. The van der Waals surface area contributed by atoms with E-state index in [1.807, 2.05) is 0 Å². The summed E-state index contributed by atoms with van der Waals surface area (Å²) < 4.78 is 39.7. The highest BCUT2D eigenvalue weighted by Gasteiger charge is 2.32. The number of alkyl halides is 3. The maximum absolute atomic E-state index is 13.2. The molecule has 1 aromatic carbocycles. The molecule has 3 rings (SSSR count). The zero-order valence-corrected chi connectivity index (χ0v) is 18.3. The van der Waals surface area contributed by atoms with Crippen molar-refractivity contribution in [1.82, 2.24) is 14.8 Å². The first-order chi connectivity index (χ1) is 15.0. The molecule has 0 unspecified atom stereocenters. The van der Waals surface area contributed by atoms with Gasteiger partial charge in [-0.1, -0.05) is 11.6 Å². The lowest BCUT2D eigenvalue weighted by molar-refractivity contribution is -0.137. The van der Waals surface area contributed by atoms with E-state index < -0.39 is 23.7 Å². The smallest absolute Gasteiger partial charge is 0.322 e. The van der Waals surface area contributed by atoms with E-state index >= 15 is 0 Å². The number of hydrogen-bond acceptors (Lipinski definition) is 4. The van der Waals surface area contributed by atoms with E-state index in [4.69, 9.17) is 11.6 Å². The van der Waals surface area contributed by atoms with Gasteiger partial charge in [0.25, 0.3) is 5.91 Å². The molecule has 2 heterocycles. The molecule has 0 bridgehead atoms. The average Bonchev–Trinajstić information content (AvgIpc) is 2.74. The second-order valence-corrected chi connectivity index (χ2v) is 8.06. The number of carbonyl (C=O) groups is 2. The first-order valence-corrected chi connectivity index (χ1v) is 10.4. The number of rotatable bonds is 4. The van der Waals surface area contributed by atoms with Gasteiger partial charge in [0.2, 0.25) is 0 Å². The molecule has 11 heteroatoms. The van der Waals surface area contributed by atoms with E-state index in [1.165, 1.54) is 18.3 Å². The molecule has 1 fully saturated rings. The standard InChI is InChI=1S/C21H23ClF3N5O2/c1-13(2)29-7-9-30(10-8-29)20(32)27-17-5-3-14(21(23,24)25)11-16(17)19(31)28-18-6-4-15(22)12-26-18/h3-6,11-13H,7-10H2,1-2H3,(H,27,32)(H,26,28,31). The van der Waals surface area contributed by atoms with Crippen molar-refractivity contribution < 1.29 is 22.8 Å². The number of nitrogens with one attached hydrogen (secondary N) is 2. The summed E-state index contributed by atoms with van der Waals surface area (Å²) in [7, 11) is 0. The average molecular weight is 470 g/mol. The molecule has 172 valence electrons. The normalized spacial score (nSPS) is 15.0. The zero-order chi connectivity index (χ0) is 23.5. The first kappa shape index (κ1) is 23.8. The second kappa shape index (κ2) is 9.74. The zero-order valence-electron chi connectivity index (χ0n) is 17.5. The predicted molar refractivity (Wildman–Crippen MR) is 116 cm³/mol. The number of pyridine rings is 1. The summed E-state index contributed by atoms with van der Waals surface area (Å²) in [6, 6.07) is 5.38. The third kappa shape index (κ3) is 5.89. The summed E-state index contributed by atoms with van der Waals surface area (Å²) in [5.41, 5.74) is -1.36. The monoisotopic (exact) mass is 469 g/mol. The number of carbonyl (C=O) groups excluding carboxylic acids is 2. The van der Waals surface area contributed by atoms with Crippen LogP contribution in [0.4, 0.5) is 29.5 Å². The van der Waals surface area contributed by atoms with Crippen molar-refractivity contribution in [3.63, 3.8) is 0 Å². The Morgan fingerprint density at radius 2 is 1.75 bits per heavy atom. The quantitative estimate of drug-likeness (QED) is 0.688. The lowest BCUT2D eigenvalue weighted by Gasteiger charge is -2.36. The van der Waals surface area contributed by atoms with E-state index in [9.17, 15) is 22.8 Å². The third-order valence-corrected chi connectivity index (χ3v) is 5.36. The Balaban J connectivity index is 1.81. The highest BCUT2D eigenvalue weighted by Crippen LogP contribution is 2.32. The summed E-state index contributed by atoms with van der Waals surface area (Å²) in [5.74, 6) is -0.732. The molecule has 2 N–H and O–H groups in total. The van der Waals surface area contributed by atoms with Crippen LogP contribution < -0.4 is 10.6 Å². The Hall–Kier alpha value is -2.85. The number of halogens is 4. The van der Waals surface area contributed by atoms with Crippen molar-refractivity contribution in [3.05, 3.63) is 52.7 Å². The van der Waals surface area contributed by atoms with Crippen LogP contribution in [-0.2, 0) is 6.18 Å². The summed E-state index contributed by atoms with van der Waals surface area (Å²) in [6.45, 7) is 6.46. The van der Waals surface area contributed by atoms with Gasteiger partial charge in [-0.25, -0.2) is 9.78 Å². The Bertz CT molecular complexity index is 974. The van der Waals surface area contributed by atoms with Crippen LogP contribution in [0.2, 0.25) is 5.02 Å². The van der Waals surface area contributed by atoms with E-state index in [1.54, 1.807) is 4.90 Å². The minimum atomic E-state index is -4.65. The number of aromatic nitrogens is 1. The Kier molecular flexibility index (Phi) is 7.25. The number of nitrogens with zero attached hydrogens (tertiary/aromatic N) is 3. The van der Waals surface area contributed by atoms with Crippen molar-refractivity contribution in [2.24, 2.45) is 0 Å². The van der Waals surface area contributed by atoms with Gasteiger partial charge in [0, 0.05) is 38.4 Å². The Morgan fingerprint density at radius 3 is 2.31 bits per heavy atom. The molecule has 3 amide bonds. The molecule has 7 nitrogen and oxygen atoms in total. The van der Waals surface area contributed by atoms with E-state index in [0.29, 0.717) is 43.3 Å². The number of urea groups is 1. The molecular weight excluding hydrogens is 447 g/mol. The molecule has 0 spiro atoms. The van der Waals surface area contributed by atoms with Gasteiger partial charge in [0.05, 0.1) is 21.8 Å². The van der Waals surface area contributed by atoms with Gasteiger partial charge in [0.1, 0.15) is 5.82 Å². The molecule has 1 aliphatic rings. The van der Waals surface area contributed by atoms with Gasteiger partial charge < -0.3 is 15.5 Å². The molecule has 32 heavy (non-hydrogen) atoms. The van der Waals surface area contributed by atoms with Crippen molar-refractivity contribution in [2.75, 3.05) is 36.8 Å². The van der Waals surface area contributed by atoms with Crippen molar-refractivity contribution in [1.29, 1.82) is 0 Å². The fourth-order valence-corrected chi connectivity index (χ4v) is 3.40. The van der Waals surface area contributed by atoms with Gasteiger partial charge >= 0.3 is 12.2 Å². The molecule has 2 aromatic rings. The van der Waals surface area contributed by atoms with Crippen LogP contribution in [0.3, 0.4) is 0 Å². The van der Waals surface area contributed by atoms with E-state index in [0.717, 1.165) is 12.1 Å². The predicted octanol–water partition coefficient (Wildman–Crippen LogP) is 4.56. The minimum Gasteiger partial charge on any atom is -0.322 e. The molecule has 0 radical (unpaired) electrons. The van der Waals surface area contributed by atoms with Crippen LogP contribution in [0.25, 0.3) is 0 Å². The molecule has 1 aromatic heterocycles. The lowest BCUT2D eigenvalue weighted by Crippen LogP contribution is -2.51. The summed E-state index contributed by atoms with van der Waals surface area (Å²) in [4.78, 5) is 33.2. The Labute approximate surface area is 188 Å². The highest BCUT2D eigenvalue weighted by atomic mass is 35.5. The second-order valence-electron chi connectivity index (χ2n) is 7.62. The fraction of sp³-hybridized carbons (Fsp3) is 0.381. The molecular formula is C21H23ClF3N5O2. The first-order valence-electron chi connectivity index (χ1n) is 9.98. The van der Waals surface area contributed by atoms with Crippen molar-refractivity contribution in [2.45, 2.75) is 26.1 Å². The summed E-state index contributed by atoms with van der Waals surface area (Å²) in [6.07, 6.45) is -3.36.